The lowest BCUT2D eigenvalue weighted by Crippen LogP contribution is -2.42. The van der Waals surface area contributed by atoms with Crippen LogP contribution in [-0.2, 0) is 17.8 Å². The zero-order valence-electron chi connectivity index (χ0n) is 13.3. The fourth-order valence-electron chi connectivity index (χ4n) is 3.17. The topological polar surface area (TPSA) is 58.1 Å². The van der Waals surface area contributed by atoms with Crippen LogP contribution in [0.25, 0.3) is 0 Å². The summed E-state index contributed by atoms with van der Waals surface area (Å²) in [5, 5.41) is 3.85. The third-order valence-electron chi connectivity index (χ3n) is 4.78. The van der Waals surface area contributed by atoms with Gasteiger partial charge in [-0.15, -0.1) is 0 Å². The molecule has 1 aliphatic carbocycles. The Kier molecular flexibility index (Phi) is 4.10. The second-order valence-corrected chi connectivity index (χ2v) is 6.87. The first-order valence-corrected chi connectivity index (χ1v) is 8.73. The van der Waals surface area contributed by atoms with Gasteiger partial charge >= 0.3 is 0 Å². The molecule has 0 spiro atoms. The number of carbonyl (C=O) groups is 1. The fraction of sp³-hybridized carbons (Fsp3) is 0.389. The Morgan fingerprint density at radius 1 is 1.33 bits per heavy atom. The van der Waals surface area contributed by atoms with Crippen molar-refractivity contribution in [2.45, 2.75) is 32.2 Å². The number of hydrogen-bond donors (Lipinski definition) is 1. The quantitative estimate of drug-likeness (QED) is 0.926. The molecule has 24 heavy (non-hydrogen) atoms. The van der Waals surface area contributed by atoms with E-state index >= 15 is 0 Å². The van der Waals surface area contributed by atoms with Crippen LogP contribution in [0, 0.1) is 5.92 Å². The minimum Gasteiger partial charge on any atom is -0.338 e. The smallest absolute Gasteiger partial charge is 0.227 e. The van der Waals surface area contributed by atoms with E-state index in [-0.39, 0.29) is 5.92 Å². The maximum Gasteiger partial charge on any atom is 0.227 e. The van der Waals surface area contributed by atoms with E-state index in [1.54, 1.807) is 0 Å². The summed E-state index contributed by atoms with van der Waals surface area (Å²) in [6.45, 7) is 1.37. The van der Waals surface area contributed by atoms with Crippen molar-refractivity contribution < 1.29 is 4.79 Å². The lowest BCUT2D eigenvalue weighted by molar-refractivity contribution is -0.139. The van der Waals surface area contributed by atoms with Crippen molar-refractivity contribution in [1.82, 2.24) is 14.9 Å². The molecular weight excluding hydrogens is 324 g/mol. The van der Waals surface area contributed by atoms with E-state index in [0.29, 0.717) is 23.4 Å². The number of amides is 1. The second-order valence-electron chi connectivity index (χ2n) is 6.44. The van der Waals surface area contributed by atoms with Crippen molar-refractivity contribution in [3.63, 3.8) is 0 Å². The van der Waals surface area contributed by atoms with Gasteiger partial charge in [-0.25, -0.2) is 9.97 Å². The monoisotopic (exact) mass is 342 g/mol. The second kappa shape index (κ2) is 6.40. The van der Waals surface area contributed by atoms with Gasteiger partial charge in [-0.1, -0.05) is 24.1 Å². The molecule has 0 unspecified atom stereocenters. The first kappa shape index (κ1) is 15.4. The van der Waals surface area contributed by atoms with E-state index in [4.69, 9.17) is 11.6 Å². The number of benzene rings is 1. The number of rotatable bonds is 3. The van der Waals surface area contributed by atoms with Crippen molar-refractivity contribution in [2.24, 2.45) is 5.92 Å². The highest BCUT2D eigenvalue weighted by atomic mass is 35.5. The third-order valence-corrected chi connectivity index (χ3v) is 5.02. The van der Waals surface area contributed by atoms with E-state index in [1.165, 1.54) is 6.42 Å². The average Bonchev–Trinajstić information content (AvgIpc) is 2.52. The van der Waals surface area contributed by atoms with Gasteiger partial charge in [-0.05, 0) is 31.0 Å². The van der Waals surface area contributed by atoms with Crippen LogP contribution in [0.2, 0.25) is 5.02 Å². The Labute approximate surface area is 146 Å². The van der Waals surface area contributed by atoms with Crippen LogP contribution in [0.5, 0.6) is 0 Å². The molecular formula is C18H19ClN4O. The molecule has 2 aromatic rings. The van der Waals surface area contributed by atoms with E-state index in [1.807, 2.05) is 35.4 Å². The van der Waals surface area contributed by atoms with Crippen molar-refractivity contribution >= 4 is 29.1 Å². The van der Waals surface area contributed by atoms with Gasteiger partial charge < -0.3 is 10.2 Å². The van der Waals surface area contributed by atoms with Gasteiger partial charge in [0.15, 0.2) is 0 Å². The van der Waals surface area contributed by atoms with Gasteiger partial charge in [0.2, 0.25) is 11.9 Å². The number of anilines is 2. The van der Waals surface area contributed by atoms with Crippen LogP contribution in [-0.4, -0.2) is 27.3 Å². The fourth-order valence-corrected chi connectivity index (χ4v) is 3.36. The summed E-state index contributed by atoms with van der Waals surface area (Å²) in [6.07, 6.45) is 5.88. The van der Waals surface area contributed by atoms with Gasteiger partial charge in [0, 0.05) is 47.9 Å². The Morgan fingerprint density at radius 2 is 2.21 bits per heavy atom. The highest BCUT2D eigenvalue weighted by molar-refractivity contribution is 6.30. The molecule has 1 saturated carbocycles. The number of aromatic nitrogens is 2. The van der Waals surface area contributed by atoms with Crippen LogP contribution in [0.15, 0.2) is 30.5 Å². The van der Waals surface area contributed by atoms with Crippen LogP contribution in [0.1, 0.15) is 30.5 Å². The largest absolute Gasteiger partial charge is 0.338 e. The van der Waals surface area contributed by atoms with Crippen molar-refractivity contribution in [2.75, 3.05) is 11.9 Å². The number of hydrogen-bond acceptors (Lipinski definition) is 4. The number of halogens is 1. The van der Waals surface area contributed by atoms with Crippen LogP contribution in [0.3, 0.4) is 0 Å². The Bertz CT molecular complexity index is 775. The number of carbonyl (C=O) groups excluding carboxylic acids is 1. The van der Waals surface area contributed by atoms with Crippen molar-refractivity contribution in [3.8, 4) is 0 Å². The summed E-state index contributed by atoms with van der Waals surface area (Å²) in [7, 11) is 0. The van der Waals surface area contributed by atoms with E-state index < -0.39 is 0 Å². The molecule has 0 atom stereocenters. The highest BCUT2D eigenvalue weighted by Gasteiger charge is 2.31. The van der Waals surface area contributed by atoms with Crippen molar-refractivity contribution in [1.29, 1.82) is 0 Å². The number of nitrogens with one attached hydrogen (secondary N) is 1. The molecule has 0 radical (unpaired) electrons. The van der Waals surface area contributed by atoms with Crippen molar-refractivity contribution in [3.05, 3.63) is 46.7 Å². The average molecular weight is 343 g/mol. The Morgan fingerprint density at radius 3 is 2.96 bits per heavy atom. The summed E-state index contributed by atoms with van der Waals surface area (Å²) in [5.41, 5.74) is 2.93. The van der Waals surface area contributed by atoms with Crippen LogP contribution >= 0.6 is 11.6 Å². The molecule has 1 aliphatic heterocycles. The molecule has 1 N–H and O–H groups in total. The molecule has 5 nitrogen and oxygen atoms in total. The summed E-state index contributed by atoms with van der Waals surface area (Å²) in [4.78, 5) is 23.3. The van der Waals surface area contributed by atoms with Gasteiger partial charge in [-0.2, -0.15) is 0 Å². The molecule has 1 aromatic carbocycles. The molecule has 4 rings (SSSR count). The van der Waals surface area contributed by atoms with E-state index in [9.17, 15) is 4.79 Å². The molecule has 124 valence electrons. The lowest BCUT2D eigenvalue weighted by atomic mass is 9.84. The van der Waals surface area contributed by atoms with Gasteiger partial charge in [-0.3, -0.25) is 4.79 Å². The molecule has 1 aromatic heterocycles. The van der Waals surface area contributed by atoms with Gasteiger partial charge in [0.25, 0.3) is 0 Å². The number of nitrogens with zero attached hydrogens (tertiary/aromatic N) is 3. The maximum atomic E-state index is 12.4. The van der Waals surface area contributed by atoms with Gasteiger partial charge in [0.05, 0.1) is 5.69 Å². The highest BCUT2D eigenvalue weighted by Crippen LogP contribution is 2.30. The SMILES string of the molecule is O=C(C1CCC1)N1CCc2nc(Nc3cccc(Cl)c3)ncc2C1. The zero-order valence-corrected chi connectivity index (χ0v) is 14.1. The first-order valence-electron chi connectivity index (χ1n) is 8.35. The lowest BCUT2D eigenvalue weighted by Gasteiger charge is -2.34. The molecule has 1 amide bonds. The molecule has 6 heteroatoms. The Hall–Kier alpha value is -2.14. The molecule has 0 saturated heterocycles. The van der Waals surface area contributed by atoms with E-state index in [2.05, 4.69) is 15.3 Å². The summed E-state index contributed by atoms with van der Waals surface area (Å²) in [6, 6.07) is 7.47. The molecule has 2 heterocycles. The molecule has 1 fully saturated rings. The molecule has 2 aliphatic rings. The van der Waals surface area contributed by atoms with Crippen LogP contribution < -0.4 is 5.32 Å². The minimum absolute atomic E-state index is 0.247. The predicted molar refractivity (Wildman–Crippen MR) is 93.2 cm³/mol. The number of fused-ring (bicyclic) bond motifs is 1. The first-order chi connectivity index (χ1) is 11.7. The Balaban J connectivity index is 1.47. The summed E-state index contributed by atoms with van der Waals surface area (Å²) in [5.74, 6) is 1.11. The maximum absolute atomic E-state index is 12.4. The van der Waals surface area contributed by atoms with Crippen LogP contribution in [0.4, 0.5) is 11.6 Å². The normalized spacial score (nSPS) is 17.1. The minimum atomic E-state index is 0.247. The third kappa shape index (κ3) is 3.08. The summed E-state index contributed by atoms with van der Waals surface area (Å²) < 4.78 is 0. The standard InChI is InChI=1S/C18H19ClN4O/c19-14-5-2-6-15(9-14)21-18-20-10-13-11-23(8-7-16(13)22-18)17(24)12-3-1-4-12/h2,5-6,9-10,12H,1,3-4,7-8,11H2,(H,20,21,22). The van der Waals surface area contributed by atoms with Gasteiger partial charge in [0.1, 0.15) is 0 Å². The molecule has 0 bridgehead atoms. The zero-order chi connectivity index (χ0) is 16.5. The summed E-state index contributed by atoms with van der Waals surface area (Å²) >= 11 is 6.00. The van der Waals surface area contributed by atoms with E-state index in [0.717, 1.165) is 42.8 Å². The predicted octanol–water partition coefficient (Wildman–Crippen LogP) is 3.56.